The van der Waals surface area contributed by atoms with Crippen LogP contribution in [0.5, 0.6) is 5.75 Å². The highest BCUT2D eigenvalue weighted by molar-refractivity contribution is 5.92. The molecule has 0 saturated carbocycles. The van der Waals surface area contributed by atoms with Crippen LogP contribution in [-0.4, -0.2) is 12.1 Å². The molecule has 1 aromatic carbocycles. The third kappa shape index (κ3) is 1.54. The van der Waals surface area contributed by atoms with E-state index in [1.807, 2.05) is 19.1 Å². The fourth-order valence-electron chi connectivity index (χ4n) is 1.53. The Kier molecular flexibility index (Phi) is 2.33. The second-order valence-corrected chi connectivity index (χ2v) is 3.26. The van der Waals surface area contributed by atoms with Crippen LogP contribution in [0.1, 0.15) is 5.56 Å². The lowest BCUT2D eigenvalue weighted by atomic mass is 10.1. The third-order valence-corrected chi connectivity index (χ3v) is 2.35. The molecule has 0 radical (unpaired) electrons. The predicted molar refractivity (Wildman–Crippen MR) is 58.5 cm³/mol. The number of methoxy groups -OCH3 is 1. The molecule has 76 valence electrons. The summed E-state index contributed by atoms with van der Waals surface area (Å²) in [6.45, 7) is 1.96. The molecule has 0 fully saturated rings. The molecule has 0 atom stereocenters. The van der Waals surface area contributed by atoms with Crippen molar-refractivity contribution in [3.63, 3.8) is 0 Å². The fraction of sp³-hybridized carbons (Fsp3) is 0.182. The van der Waals surface area contributed by atoms with Crippen LogP contribution in [-0.2, 0) is 0 Å². The lowest BCUT2D eigenvalue weighted by Crippen LogP contribution is -1.87. The maximum absolute atomic E-state index is 10.7. The highest BCUT2D eigenvalue weighted by Crippen LogP contribution is 2.31. The third-order valence-electron chi connectivity index (χ3n) is 2.35. The summed E-state index contributed by atoms with van der Waals surface area (Å²) >= 11 is 0. The van der Waals surface area contributed by atoms with E-state index in [1.165, 1.54) is 0 Å². The van der Waals surface area contributed by atoms with E-state index in [-0.39, 0.29) is 0 Å². The van der Waals surface area contributed by atoms with Crippen molar-refractivity contribution >= 4 is 16.6 Å². The van der Waals surface area contributed by atoms with Gasteiger partial charge in [0, 0.05) is 17.6 Å². The Hall–Kier alpha value is -1.97. The summed E-state index contributed by atoms with van der Waals surface area (Å²) in [5.41, 5.74) is 1.97. The van der Waals surface area contributed by atoms with Crippen molar-refractivity contribution < 1.29 is 4.74 Å². The maximum atomic E-state index is 10.7. The first-order valence-electron chi connectivity index (χ1n) is 4.53. The summed E-state index contributed by atoms with van der Waals surface area (Å²) in [5.74, 6) is 0.619. The summed E-state index contributed by atoms with van der Waals surface area (Å²) in [7, 11) is 1.56. The normalized spacial score (nSPS) is 10.3. The van der Waals surface area contributed by atoms with Crippen LogP contribution in [0, 0.1) is 11.8 Å². The molecule has 0 bridgehead atoms. The molecule has 2 aromatic rings. The Labute approximate surface area is 86.9 Å². The van der Waals surface area contributed by atoms with E-state index < -0.39 is 0 Å². The molecule has 0 N–H and O–H groups in total. The van der Waals surface area contributed by atoms with Gasteiger partial charge in [-0.1, -0.05) is 0 Å². The number of nitrogens with zero attached hydrogens (tertiary/aromatic N) is 2. The summed E-state index contributed by atoms with van der Waals surface area (Å²) < 4.78 is 5.09. The maximum Gasteiger partial charge on any atom is 0.137 e. The zero-order valence-corrected chi connectivity index (χ0v) is 8.52. The number of fused-ring (bicyclic) bond motifs is 1. The van der Waals surface area contributed by atoms with Crippen molar-refractivity contribution in [3.8, 4) is 5.75 Å². The number of hydrogen-bond acceptors (Lipinski definition) is 4. The first kappa shape index (κ1) is 9.58. The van der Waals surface area contributed by atoms with E-state index in [4.69, 9.17) is 4.74 Å². The van der Waals surface area contributed by atoms with Gasteiger partial charge in [0.2, 0.25) is 0 Å². The Bertz CT molecular complexity index is 523. The van der Waals surface area contributed by atoms with Crippen molar-refractivity contribution in [3.05, 3.63) is 34.9 Å². The molecule has 15 heavy (non-hydrogen) atoms. The van der Waals surface area contributed by atoms with Crippen molar-refractivity contribution in [2.75, 3.05) is 7.11 Å². The van der Waals surface area contributed by atoms with Gasteiger partial charge in [-0.25, -0.2) is 0 Å². The zero-order valence-electron chi connectivity index (χ0n) is 8.52. The van der Waals surface area contributed by atoms with E-state index in [0.29, 0.717) is 17.0 Å². The average Bonchev–Trinajstić information content (AvgIpc) is 2.28. The molecule has 2 rings (SSSR count). The van der Waals surface area contributed by atoms with Gasteiger partial charge in [-0.3, -0.25) is 4.98 Å². The van der Waals surface area contributed by atoms with E-state index in [9.17, 15) is 4.91 Å². The SMILES string of the molecule is COc1cc(N=O)c2nccc(C)c2c1. The van der Waals surface area contributed by atoms with Crippen molar-refractivity contribution in [1.82, 2.24) is 4.98 Å². The minimum absolute atomic E-state index is 0.313. The van der Waals surface area contributed by atoms with Crippen molar-refractivity contribution in [2.45, 2.75) is 6.92 Å². The quantitative estimate of drug-likeness (QED) is 0.703. The summed E-state index contributed by atoms with van der Waals surface area (Å²) in [5, 5.41) is 3.85. The Balaban J connectivity index is 2.86. The minimum Gasteiger partial charge on any atom is -0.497 e. The van der Waals surface area contributed by atoms with Gasteiger partial charge in [0.25, 0.3) is 0 Å². The number of hydrogen-bond donors (Lipinski definition) is 0. The Morgan fingerprint density at radius 2 is 2.20 bits per heavy atom. The summed E-state index contributed by atoms with van der Waals surface area (Å²) in [4.78, 5) is 14.8. The number of ether oxygens (including phenoxy) is 1. The number of aryl methyl sites for hydroxylation is 1. The molecular weight excluding hydrogens is 192 g/mol. The molecular formula is C11H10N2O2. The average molecular weight is 202 g/mol. The Morgan fingerprint density at radius 3 is 2.87 bits per heavy atom. The highest BCUT2D eigenvalue weighted by Gasteiger charge is 2.07. The van der Waals surface area contributed by atoms with Crippen molar-refractivity contribution in [1.29, 1.82) is 0 Å². The monoisotopic (exact) mass is 202 g/mol. The van der Waals surface area contributed by atoms with E-state index >= 15 is 0 Å². The number of pyridine rings is 1. The van der Waals surface area contributed by atoms with Gasteiger partial charge in [0.05, 0.1) is 12.6 Å². The molecule has 0 aliphatic carbocycles. The van der Waals surface area contributed by atoms with Gasteiger partial charge >= 0.3 is 0 Å². The van der Waals surface area contributed by atoms with Crippen LogP contribution in [0.25, 0.3) is 10.9 Å². The molecule has 4 nitrogen and oxygen atoms in total. The van der Waals surface area contributed by atoms with Crippen LogP contribution < -0.4 is 4.74 Å². The topological polar surface area (TPSA) is 51.5 Å². The second-order valence-electron chi connectivity index (χ2n) is 3.26. The molecule has 0 aliphatic heterocycles. The fourth-order valence-corrected chi connectivity index (χ4v) is 1.53. The smallest absolute Gasteiger partial charge is 0.137 e. The van der Waals surface area contributed by atoms with Gasteiger partial charge in [0.15, 0.2) is 0 Å². The van der Waals surface area contributed by atoms with Crippen LogP contribution in [0.2, 0.25) is 0 Å². The predicted octanol–water partition coefficient (Wildman–Crippen LogP) is 2.95. The standard InChI is InChI=1S/C11H10N2O2/c1-7-3-4-12-11-9(7)5-8(15-2)6-10(11)13-14/h3-6H,1-2H3. The minimum atomic E-state index is 0.313. The largest absolute Gasteiger partial charge is 0.497 e. The van der Waals surface area contributed by atoms with Gasteiger partial charge in [-0.2, -0.15) is 0 Å². The molecule has 1 heterocycles. The van der Waals surface area contributed by atoms with Gasteiger partial charge < -0.3 is 4.74 Å². The first-order valence-corrected chi connectivity index (χ1v) is 4.53. The number of rotatable bonds is 2. The van der Waals surface area contributed by atoms with Gasteiger partial charge in [0.1, 0.15) is 11.4 Å². The lowest BCUT2D eigenvalue weighted by molar-refractivity contribution is 0.415. The lowest BCUT2D eigenvalue weighted by Gasteiger charge is -2.05. The van der Waals surface area contributed by atoms with Crippen LogP contribution in [0.3, 0.4) is 0 Å². The van der Waals surface area contributed by atoms with E-state index in [1.54, 1.807) is 19.4 Å². The molecule has 0 unspecified atom stereocenters. The molecule has 0 spiro atoms. The zero-order chi connectivity index (χ0) is 10.8. The molecule has 1 aromatic heterocycles. The summed E-state index contributed by atoms with van der Waals surface area (Å²) in [6.07, 6.45) is 1.67. The first-order chi connectivity index (χ1) is 7.26. The van der Waals surface area contributed by atoms with E-state index in [2.05, 4.69) is 10.2 Å². The Morgan fingerprint density at radius 1 is 1.40 bits per heavy atom. The number of nitroso groups, excluding NO2 is 1. The van der Waals surface area contributed by atoms with E-state index in [0.717, 1.165) is 10.9 Å². The van der Waals surface area contributed by atoms with Crippen molar-refractivity contribution in [2.24, 2.45) is 5.18 Å². The second kappa shape index (κ2) is 3.65. The van der Waals surface area contributed by atoms with Crippen LogP contribution >= 0.6 is 0 Å². The highest BCUT2D eigenvalue weighted by atomic mass is 16.5. The molecule has 4 heteroatoms. The number of aromatic nitrogens is 1. The van der Waals surface area contributed by atoms with Crippen LogP contribution in [0.4, 0.5) is 5.69 Å². The molecule has 0 amide bonds. The molecule has 0 saturated heterocycles. The van der Waals surface area contributed by atoms with Gasteiger partial charge in [-0.15, -0.1) is 4.91 Å². The van der Waals surface area contributed by atoms with Gasteiger partial charge in [-0.05, 0) is 29.8 Å². The van der Waals surface area contributed by atoms with Crippen LogP contribution in [0.15, 0.2) is 29.6 Å². The molecule has 0 aliphatic rings. The summed E-state index contributed by atoms with van der Waals surface area (Å²) in [6, 6.07) is 5.32. The number of benzene rings is 1.